The number of allylic oxidation sites excluding steroid dienone is 2. The molecular formula is C8H7N3O3. The van der Waals surface area contributed by atoms with E-state index < -0.39 is 4.92 Å². The first kappa shape index (κ1) is 8.49. The van der Waals surface area contributed by atoms with Crippen molar-refractivity contribution in [1.82, 2.24) is 9.97 Å². The highest BCUT2D eigenvalue weighted by Gasteiger charge is 2.16. The van der Waals surface area contributed by atoms with Crippen LogP contribution in [0.5, 0.6) is 0 Å². The van der Waals surface area contributed by atoms with E-state index in [0.717, 1.165) is 0 Å². The Morgan fingerprint density at radius 2 is 2.50 bits per heavy atom. The molecule has 1 aliphatic heterocycles. The van der Waals surface area contributed by atoms with Crippen LogP contribution in [0.3, 0.4) is 0 Å². The van der Waals surface area contributed by atoms with Crippen molar-refractivity contribution in [3.63, 3.8) is 0 Å². The Labute approximate surface area is 79.1 Å². The van der Waals surface area contributed by atoms with E-state index in [2.05, 4.69) is 9.97 Å². The average molecular weight is 193 g/mol. The third-order valence-electron chi connectivity index (χ3n) is 1.71. The number of rotatable bonds is 2. The number of nitrogens with one attached hydrogen (secondary N) is 1. The van der Waals surface area contributed by atoms with E-state index >= 15 is 0 Å². The van der Waals surface area contributed by atoms with Crippen LogP contribution in [0.25, 0.3) is 5.76 Å². The molecule has 72 valence electrons. The summed E-state index contributed by atoms with van der Waals surface area (Å²) in [5, 5.41) is 10.3. The van der Waals surface area contributed by atoms with Crippen molar-refractivity contribution in [3.8, 4) is 0 Å². The Hall–Kier alpha value is -2.11. The Morgan fingerprint density at radius 3 is 3.07 bits per heavy atom. The molecule has 0 saturated carbocycles. The number of H-pyrrole nitrogens is 1. The van der Waals surface area contributed by atoms with Gasteiger partial charge in [0, 0.05) is 0 Å². The highest BCUT2D eigenvalue weighted by Crippen LogP contribution is 2.18. The number of nitrogens with zero attached hydrogens (tertiary/aromatic N) is 2. The Morgan fingerprint density at radius 1 is 1.64 bits per heavy atom. The summed E-state index contributed by atoms with van der Waals surface area (Å²) in [5.41, 5.74) is 0.445. The second-order valence-electron chi connectivity index (χ2n) is 2.64. The van der Waals surface area contributed by atoms with Crippen LogP contribution in [0.4, 0.5) is 5.95 Å². The van der Waals surface area contributed by atoms with Crippen LogP contribution in [0.1, 0.15) is 5.69 Å². The second kappa shape index (κ2) is 3.33. The van der Waals surface area contributed by atoms with Crippen LogP contribution in [0, 0.1) is 10.1 Å². The number of nitro groups is 1. The lowest BCUT2D eigenvalue weighted by atomic mass is 10.3. The van der Waals surface area contributed by atoms with Gasteiger partial charge in [0.25, 0.3) is 0 Å². The molecule has 0 aliphatic carbocycles. The van der Waals surface area contributed by atoms with Gasteiger partial charge in [0.15, 0.2) is 5.76 Å². The van der Waals surface area contributed by atoms with Gasteiger partial charge in [-0.25, -0.2) is 4.98 Å². The largest absolute Gasteiger partial charge is 0.486 e. The molecule has 1 aliphatic rings. The van der Waals surface area contributed by atoms with Gasteiger partial charge < -0.3 is 14.9 Å². The average Bonchev–Trinajstić information content (AvgIpc) is 2.68. The third kappa shape index (κ3) is 1.49. The summed E-state index contributed by atoms with van der Waals surface area (Å²) in [7, 11) is 0. The molecule has 0 unspecified atom stereocenters. The van der Waals surface area contributed by atoms with Gasteiger partial charge in [-0.1, -0.05) is 11.1 Å². The summed E-state index contributed by atoms with van der Waals surface area (Å²) in [6.45, 7) is 0.465. The fourth-order valence-corrected chi connectivity index (χ4v) is 1.09. The van der Waals surface area contributed by atoms with Crippen molar-refractivity contribution < 1.29 is 9.66 Å². The van der Waals surface area contributed by atoms with Gasteiger partial charge in [-0.05, 0) is 17.1 Å². The van der Waals surface area contributed by atoms with E-state index in [1.54, 1.807) is 6.08 Å². The minimum Gasteiger partial charge on any atom is -0.486 e. The molecule has 0 radical (unpaired) electrons. The van der Waals surface area contributed by atoms with Gasteiger partial charge in [0.2, 0.25) is 5.69 Å². The maximum Gasteiger partial charge on any atom is 0.432 e. The fraction of sp³-hybridized carbons (Fsp3) is 0.125. The lowest BCUT2D eigenvalue weighted by molar-refractivity contribution is -0.393. The first-order valence-electron chi connectivity index (χ1n) is 3.97. The minimum atomic E-state index is -0.581. The SMILES string of the molecule is O=[N+]([O-])c1nc(C2=CC=CCO2)c[nH]1. The summed E-state index contributed by atoms with van der Waals surface area (Å²) in [4.78, 5) is 16.0. The first-order chi connectivity index (χ1) is 6.77. The molecule has 1 aromatic rings. The summed E-state index contributed by atoms with van der Waals surface area (Å²) in [5.74, 6) is 0.260. The van der Waals surface area contributed by atoms with E-state index in [4.69, 9.17) is 4.74 Å². The summed E-state index contributed by atoms with van der Waals surface area (Å²) in [6.07, 6.45) is 6.82. The number of ether oxygens (including phenoxy) is 1. The molecule has 0 atom stereocenters. The fourth-order valence-electron chi connectivity index (χ4n) is 1.09. The van der Waals surface area contributed by atoms with E-state index in [0.29, 0.717) is 18.1 Å². The van der Waals surface area contributed by atoms with Crippen molar-refractivity contribution in [2.24, 2.45) is 0 Å². The summed E-state index contributed by atoms with van der Waals surface area (Å²) >= 11 is 0. The topological polar surface area (TPSA) is 81.1 Å². The second-order valence-corrected chi connectivity index (χ2v) is 2.64. The standard InChI is InChI=1S/C8H7N3O3/c12-11(13)8-9-5-6(10-8)7-3-1-2-4-14-7/h1-3,5H,4H2,(H,9,10). The van der Waals surface area contributed by atoms with Gasteiger partial charge >= 0.3 is 5.95 Å². The monoisotopic (exact) mass is 193 g/mol. The normalized spacial score (nSPS) is 14.7. The number of hydrogen-bond acceptors (Lipinski definition) is 4. The zero-order chi connectivity index (χ0) is 9.97. The zero-order valence-corrected chi connectivity index (χ0v) is 7.14. The van der Waals surface area contributed by atoms with E-state index in [-0.39, 0.29) is 5.95 Å². The van der Waals surface area contributed by atoms with E-state index in [1.165, 1.54) is 6.20 Å². The molecule has 0 amide bonds. The molecule has 14 heavy (non-hydrogen) atoms. The maximum absolute atomic E-state index is 10.3. The summed E-state index contributed by atoms with van der Waals surface area (Å²) < 4.78 is 5.23. The van der Waals surface area contributed by atoms with Crippen molar-refractivity contribution in [2.75, 3.05) is 6.61 Å². The first-order valence-corrected chi connectivity index (χ1v) is 3.97. The predicted octanol–water partition coefficient (Wildman–Crippen LogP) is 1.25. The molecule has 0 bridgehead atoms. The molecule has 6 heteroatoms. The van der Waals surface area contributed by atoms with E-state index in [9.17, 15) is 10.1 Å². The molecule has 2 heterocycles. The van der Waals surface area contributed by atoms with Crippen LogP contribution >= 0.6 is 0 Å². The van der Waals surface area contributed by atoms with Crippen LogP contribution in [0.2, 0.25) is 0 Å². The number of aromatic amines is 1. The van der Waals surface area contributed by atoms with E-state index in [1.807, 2.05) is 12.2 Å². The number of aromatic nitrogens is 2. The van der Waals surface area contributed by atoms with Crippen LogP contribution in [0.15, 0.2) is 24.4 Å². The molecule has 0 spiro atoms. The van der Waals surface area contributed by atoms with Crippen LogP contribution < -0.4 is 0 Å². The molecule has 0 fully saturated rings. The molecule has 0 aromatic carbocycles. The number of hydrogen-bond donors (Lipinski definition) is 1. The Bertz CT molecular complexity index is 419. The highest BCUT2D eigenvalue weighted by molar-refractivity contribution is 5.59. The highest BCUT2D eigenvalue weighted by atomic mass is 16.6. The van der Waals surface area contributed by atoms with Crippen molar-refractivity contribution in [3.05, 3.63) is 40.2 Å². The lowest BCUT2D eigenvalue weighted by Gasteiger charge is -2.05. The lowest BCUT2D eigenvalue weighted by Crippen LogP contribution is -1.96. The van der Waals surface area contributed by atoms with Crippen molar-refractivity contribution >= 4 is 11.7 Å². The van der Waals surface area contributed by atoms with Gasteiger partial charge in [-0.15, -0.1) is 0 Å². The van der Waals surface area contributed by atoms with Crippen LogP contribution in [-0.2, 0) is 4.74 Å². The van der Waals surface area contributed by atoms with Crippen LogP contribution in [-0.4, -0.2) is 21.5 Å². The third-order valence-corrected chi connectivity index (χ3v) is 1.71. The zero-order valence-electron chi connectivity index (χ0n) is 7.14. The molecule has 1 N–H and O–H groups in total. The minimum absolute atomic E-state index is 0.279. The van der Waals surface area contributed by atoms with Gasteiger partial charge in [-0.2, -0.15) is 0 Å². The Balaban J connectivity index is 2.28. The summed E-state index contributed by atoms with van der Waals surface area (Å²) in [6, 6.07) is 0. The van der Waals surface area contributed by atoms with Gasteiger partial charge in [-0.3, -0.25) is 0 Å². The Kier molecular flexibility index (Phi) is 2.02. The maximum atomic E-state index is 10.3. The number of imidazole rings is 1. The molecule has 2 rings (SSSR count). The van der Waals surface area contributed by atoms with Crippen molar-refractivity contribution in [1.29, 1.82) is 0 Å². The molecule has 6 nitrogen and oxygen atoms in total. The molecule has 0 saturated heterocycles. The smallest absolute Gasteiger partial charge is 0.432 e. The van der Waals surface area contributed by atoms with Gasteiger partial charge in [0.1, 0.15) is 12.8 Å². The quantitative estimate of drug-likeness (QED) is 0.566. The predicted molar refractivity (Wildman–Crippen MR) is 48.3 cm³/mol. The van der Waals surface area contributed by atoms with Crippen molar-refractivity contribution in [2.45, 2.75) is 0 Å². The molecule has 1 aromatic heterocycles. The van der Waals surface area contributed by atoms with Gasteiger partial charge in [0.05, 0.1) is 0 Å². The molecular weight excluding hydrogens is 186 g/mol.